The lowest BCUT2D eigenvalue weighted by molar-refractivity contribution is 0.0932. The van der Waals surface area contributed by atoms with Crippen LogP contribution in [0, 0.1) is 0 Å². The van der Waals surface area contributed by atoms with E-state index in [0.29, 0.717) is 11.6 Å². The summed E-state index contributed by atoms with van der Waals surface area (Å²) in [6.45, 7) is 0. The molecule has 1 amide bonds. The Bertz CT molecular complexity index is 616. The Labute approximate surface area is 110 Å². The van der Waals surface area contributed by atoms with Crippen LogP contribution in [0.15, 0.2) is 24.3 Å². The molecule has 0 bridgehead atoms. The number of aryl methyl sites for hydroxylation is 1. The zero-order valence-electron chi connectivity index (χ0n) is 10.1. The van der Waals surface area contributed by atoms with Gasteiger partial charge in [-0.2, -0.15) is 5.10 Å². The lowest BCUT2D eigenvalue weighted by Gasteiger charge is -2.12. The van der Waals surface area contributed by atoms with Gasteiger partial charge in [0.05, 0.1) is 11.1 Å². The largest absolute Gasteiger partial charge is 0.344 e. The van der Waals surface area contributed by atoms with Gasteiger partial charge in [0.2, 0.25) is 0 Å². The Morgan fingerprint density at radius 3 is 2.89 bits per heavy atom. The second kappa shape index (κ2) is 3.99. The number of carbonyl (C=O) groups excluding carboxylic acids is 1. The molecule has 1 aromatic heterocycles. The van der Waals surface area contributed by atoms with E-state index in [2.05, 4.69) is 10.4 Å². The highest BCUT2D eigenvalue weighted by Crippen LogP contribution is 2.36. The topological polar surface area (TPSA) is 46.9 Å². The molecule has 2 aromatic rings. The maximum absolute atomic E-state index is 12.2. The van der Waals surface area contributed by atoms with Crippen LogP contribution in [0.1, 0.15) is 23.3 Å². The molecule has 1 N–H and O–H groups in total. The van der Waals surface area contributed by atoms with Gasteiger partial charge in [-0.05, 0) is 18.9 Å². The van der Waals surface area contributed by atoms with Crippen molar-refractivity contribution in [2.24, 2.45) is 7.05 Å². The number of carbonyl (C=O) groups is 1. The van der Waals surface area contributed by atoms with Gasteiger partial charge >= 0.3 is 0 Å². The minimum Gasteiger partial charge on any atom is -0.344 e. The number of fused-ring (bicyclic) bond motifs is 1. The first-order chi connectivity index (χ1) is 8.65. The van der Waals surface area contributed by atoms with Crippen LogP contribution in [-0.2, 0) is 7.05 Å². The first-order valence-electron chi connectivity index (χ1n) is 5.95. The van der Waals surface area contributed by atoms with E-state index in [0.717, 1.165) is 23.7 Å². The number of nitrogens with one attached hydrogen (secondary N) is 1. The van der Waals surface area contributed by atoms with Crippen LogP contribution in [0.4, 0.5) is 0 Å². The van der Waals surface area contributed by atoms with Crippen molar-refractivity contribution < 1.29 is 4.79 Å². The molecule has 94 valence electrons. The van der Waals surface area contributed by atoms with Crippen LogP contribution < -0.4 is 5.32 Å². The third-order valence-electron chi connectivity index (χ3n) is 3.46. The van der Waals surface area contributed by atoms with Gasteiger partial charge in [-0.25, -0.2) is 0 Å². The summed E-state index contributed by atoms with van der Waals surface area (Å²) in [6.07, 6.45) is 1.90. The van der Waals surface area contributed by atoms with Crippen molar-refractivity contribution in [1.29, 1.82) is 0 Å². The number of aromatic nitrogens is 2. The van der Waals surface area contributed by atoms with E-state index in [1.807, 2.05) is 31.3 Å². The summed E-state index contributed by atoms with van der Waals surface area (Å²) in [6, 6.07) is 7.72. The molecule has 1 heterocycles. The van der Waals surface area contributed by atoms with Crippen LogP contribution in [-0.4, -0.2) is 27.1 Å². The van der Waals surface area contributed by atoms with Crippen molar-refractivity contribution in [3.05, 3.63) is 30.0 Å². The van der Waals surface area contributed by atoms with Gasteiger partial charge in [-0.15, -0.1) is 11.6 Å². The number of nitrogens with zero attached hydrogens (tertiary/aromatic N) is 2. The quantitative estimate of drug-likeness (QED) is 0.862. The summed E-state index contributed by atoms with van der Waals surface area (Å²) in [5.74, 6) is 0.328. The van der Waals surface area contributed by atoms with Crippen molar-refractivity contribution in [3.63, 3.8) is 0 Å². The number of rotatable bonds is 3. The molecule has 0 aliphatic heterocycles. The number of hydrogen-bond donors (Lipinski definition) is 1. The average Bonchev–Trinajstić information content (AvgIpc) is 3.08. The van der Waals surface area contributed by atoms with Crippen LogP contribution in [0.2, 0.25) is 0 Å². The molecule has 5 heteroatoms. The first kappa shape index (κ1) is 11.5. The van der Waals surface area contributed by atoms with Gasteiger partial charge in [0.1, 0.15) is 0 Å². The molecule has 1 fully saturated rings. The molecule has 1 aromatic carbocycles. The molecular weight excluding hydrogens is 250 g/mol. The molecule has 1 aliphatic rings. The number of hydrogen-bond acceptors (Lipinski definition) is 2. The molecule has 18 heavy (non-hydrogen) atoms. The fourth-order valence-corrected chi connectivity index (χ4v) is 2.46. The maximum Gasteiger partial charge on any atom is 0.272 e. The van der Waals surface area contributed by atoms with Gasteiger partial charge in [-0.1, -0.05) is 18.2 Å². The summed E-state index contributed by atoms with van der Waals surface area (Å²) in [7, 11) is 1.84. The number of halogens is 1. The number of alkyl halides is 1. The van der Waals surface area contributed by atoms with Gasteiger partial charge in [-0.3, -0.25) is 9.48 Å². The van der Waals surface area contributed by atoms with Crippen molar-refractivity contribution in [3.8, 4) is 0 Å². The minimum absolute atomic E-state index is 0.134. The standard InChI is InChI=1S/C13H14ClN3O/c1-17-10-5-3-2-4-9(10)11(16-17)12(18)15-13(8-14)6-7-13/h2-5H,6-8H2,1H3,(H,15,18). The monoisotopic (exact) mass is 263 g/mol. The van der Waals surface area contributed by atoms with E-state index < -0.39 is 0 Å². The van der Waals surface area contributed by atoms with Gasteiger partial charge in [0, 0.05) is 18.3 Å². The van der Waals surface area contributed by atoms with E-state index in [1.54, 1.807) is 4.68 Å². The average molecular weight is 264 g/mol. The fraction of sp³-hybridized carbons (Fsp3) is 0.385. The number of amides is 1. The third-order valence-corrected chi connectivity index (χ3v) is 3.97. The highest BCUT2D eigenvalue weighted by molar-refractivity contribution is 6.19. The lowest BCUT2D eigenvalue weighted by atomic mass is 10.2. The molecule has 3 rings (SSSR count). The van der Waals surface area contributed by atoms with Crippen LogP contribution in [0.25, 0.3) is 10.9 Å². The molecule has 0 saturated heterocycles. The van der Waals surface area contributed by atoms with Crippen LogP contribution in [0.3, 0.4) is 0 Å². The first-order valence-corrected chi connectivity index (χ1v) is 6.49. The predicted octanol–water partition coefficient (Wildman–Crippen LogP) is 2.07. The second-order valence-corrected chi connectivity index (χ2v) is 5.12. The summed E-state index contributed by atoms with van der Waals surface area (Å²) < 4.78 is 1.73. The number of para-hydroxylation sites is 1. The predicted molar refractivity (Wildman–Crippen MR) is 70.9 cm³/mol. The highest BCUT2D eigenvalue weighted by Gasteiger charge is 2.43. The van der Waals surface area contributed by atoms with Crippen molar-refractivity contribution in [1.82, 2.24) is 15.1 Å². The molecule has 0 atom stereocenters. The summed E-state index contributed by atoms with van der Waals surface area (Å²) in [5.41, 5.74) is 1.24. The summed E-state index contributed by atoms with van der Waals surface area (Å²) >= 11 is 5.87. The SMILES string of the molecule is Cn1nc(C(=O)NC2(CCl)CC2)c2ccccc21. The Balaban J connectivity index is 1.97. The molecule has 0 radical (unpaired) electrons. The van der Waals surface area contributed by atoms with Crippen LogP contribution in [0.5, 0.6) is 0 Å². The lowest BCUT2D eigenvalue weighted by Crippen LogP contribution is -2.38. The highest BCUT2D eigenvalue weighted by atomic mass is 35.5. The van der Waals surface area contributed by atoms with Gasteiger partial charge in [0.15, 0.2) is 5.69 Å². The summed E-state index contributed by atoms with van der Waals surface area (Å²) in [4.78, 5) is 12.2. The smallest absolute Gasteiger partial charge is 0.272 e. The van der Waals surface area contributed by atoms with Crippen molar-refractivity contribution >= 4 is 28.4 Å². The van der Waals surface area contributed by atoms with Crippen LogP contribution >= 0.6 is 11.6 Å². The molecular formula is C13H14ClN3O. The second-order valence-electron chi connectivity index (χ2n) is 4.86. The zero-order chi connectivity index (χ0) is 12.8. The normalized spacial score (nSPS) is 16.8. The van der Waals surface area contributed by atoms with E-state index in [-0.39, 0.29) is 11.4 Å². The molecule has 0 unspecified atom stereocenters. The molecule has 0 spiro atoms. The Kier molecular flexibility index (Phi) is 2.55. The van der Waals surface area contributed by atoms with Gasteiger partial charge < -0.3 is 5.32 Å². The molecule has 1 aliphatic carbocycles. The molecule has 1 saturated carbocycles. The van der Waals surface area contributed by atoms with Crippen molar-refractivity contribution in [2.45, 2.75) is 18.4 Å². The zero-order valence-corrected chi connectivity index (χ0v) is 10.9. The Hall–Kier alpha value is -1.55. The van der Waals surface area contributed by atoms with E-state index in [4.69, 9.17) is 11.6 Å². The molecule has 4 nitrogen and oxygen atoms in total. The third kappa shape index (κ3) is 1.77. The Morgan fingerprint density at radius 1 is 1.50 bits per heavy atom. The summed E-state index contributed by atoms with van der Waals surface area (Å²) in [5, 5.41) is 8.17. The maximum atomic E-state index is 12.2. The number of benzene rings is 1. The minimum atomic E-state index is -0.197. The van der Waals surface area contributed by atoms with E-state index in [1.165, 1.54) is 0 Å². The van der Waals surface area contributed by atoms with E-state index >= 15 is 0 Å². The Morgan fingerprint density at radius 2 is 2.22 bits per heavy atom. The van der Waals surface area contributed by atoms with E-state index in [9.17, 15) is 4.79 Å². The van der Waals surface area contributed by atoms with Gasteiger partial charge in [0.25, 0.3) is 5.91 Å². The fourth-order valence-electron chi connectivity index (χ4n) is 2.12. The van der Waals surface area contributed by atoms with Crippen molar-refractivity contribution in [2.75, 3.05) is 5.88 Å².